The van der Waals surface area contributed by atoms with Gasteiger partial charge >= 0.3 is 12.4 Å². The standard InChI is InChI=1S/C7H5F6N3/c8-6(9,10)3-1-5(16-14)15-2-4(3)7(11,12)13/h1-2,4H,14H2/b16-5-. The van der Waals surface area contributed by atoms with Gasteiger partial charge in [0, 0.05) is 6.21 Å². The number of amidine groups is 1. The van der Waals surface area contributed by atoms with Gasteiger partial charge in [-0.3, -0.25) is 0 Å². The second-order valence-corrected chi connectivity index (χ2v) is 2.88. The Balaban J connectivity index is 3.19. The molecule has 0 amide bonds. The normalized spacial score (nSPS) is 24.8. The second-order valence-electron chi connectivity index (χ2n) is 2.88. The summed E-state index contributed by atoms with van der Waals surface area (Å²) in [6, 6.07) is 0. The second kappa shape index (κ2) is 3.80. The highest BCUT2D eigenvalue weighted by atomic mass is 19.4. The average Bonchev–Trinajstić information content (AvgIpc) is 2.14. The zero-order valence-electron chi connectivity index (χ0n) is 7.47. The van der Waals surface area contributed by atoms with Crippen molar-refractivity contribution in [2.45, 2.75) is 12.4 Å². The molecule has 1 atom stereocenters. The minimum Gasteiger partial charge on any atom is -0.321 e. The molecule has 1 heterocycles. The van der Waals surface area contributed by atoms with Crippen LogP contribution in [0.4, 0.5) is 26.3 Å². The van der Waals surface area contributed by atoms with Crippen molar-refractivity contribution in [3.05, 3.63) is 11.6 Å². The SMILES string of the molecule is N/N=C1/C=C(C(F)(F)F)C(C(F)(F)F)C=N1. The number of hydrogen-bond acceptors (Lipinski definition) is 2. The lowest BCUT2D eigenvalue weighted by Gasteiger charge is -2.23. The molecule has 0 fully saturated rings. The zero-order valence-corrected chi connectivity index (χ0v) is 7.47. The number of nitrogens with two attached hydrogens (primary N) is 1. The molecule has 0 aromatic carbocycles. The third kappa shape index (κ3) is 2.52. The fraction of sp³-hybridized carbons (Fsp3) is 0.429. The van der Waals surface area contributed by atoms with E-state index in [-0.39, 0.29) is 12.3 Å². The van der Waals surface area contributed by atoms with Crippen molar-refractivity contribution in [3.8, 4) is 0 Å². The largest absolute Gasteiger partial charge is 0.413 e. The van der Waals surface area contributed by atoms with E-state index < -0.39 is 29.7 Å². The molecule has 9 heteroatoms. The Morgan fingerprint density at radius 3 is 2.12 bits per heavy atom. The van der Waals surface area contributed by atoms with Gasteiger partial charge in [-0.2, -0.15) is 31.4 Å². The van der Waals surface area contributed by atoms with Gasteiger partial charge in [0.05, 0.1) is 5.57 Å². The summed E-state index contributed by atoms with van der Waals surface area (Å²) in [4.78, 5) is 3.06. The van der Waals surface area contributed by atoms with Crippen molar-refractivity contribution in [2.24, 2.45) is 21.9 Å². The summed E-state index contributed by atoms with van der Waals surface area (Å²) in [7, 11) is 0. The van der Waals surface area contributed by atoms with Crippen LogP contribution in [0.5, 0.6) is 0 Å². The van der Waals surface area contributed by atoms with E-state index in [2.05, 4.69) is 15.9 Å². The fourth-order valence-corrected chi connectivity index (χ4v) is 1.09. The summed E-state index contributed by atoms with van der Waals surface area (Å²) in [5.41, 5.74) is -1.78. The average molecular weight is 245 g/mol. The van der Waals surface area contributed by atoms with Crippen LogP contribution in [-0.4, -0.2) is 24.4 Å². The Labute approximate surface area is 85.3 Å². The van der Waals surface area contributed by atoms with Gasteiger partial charge in [-0.05, 0) is 6.08 Å². The van der Waals surface area contributed by atoms with E-state index in [9.17, 15) is 26.3 Å². The topological polar surface area (TPSA) is 50.7 Å². The maximum absolute atomic E-state index is 12.3. The van der Waals surface area contributed by atoms with E-state index in [1.165, 1.54) is 0 Å². The number of alkyl halides is 6. The van der Waals surface area contributed by atoms with Crippen molar-refractivity contribution in [1.82, 2.24) is 0 Å². The molecule has 0 spiro atoms. The fourth-order valence-electron chi connectivity index (χ4n) is 1.09. The van der Waals surface area contributed by atoms with Gasteiger partial charge in [-0.25, -0.2) is 4.99 Å². The molecular weight excluding hydrogens is 240 g/mol. The van der Waals surface area contributed by atoms with Crippen molar-refractivity contribution >= 4 is 12.1 Å². The first kappa shape index (κ1) is 12.5. The van der Waals surface area contributed by atoms with E-state index in [0.29, 0.717) is 0 Å². The first-order chi connectivity index (χ1) is 7.16. The van der Waals surface area contributed by atoms with Crippen molar-refractivity contribution in [1.29, 1.82) is 0 Å². The molecule has 1 rings (SSSR count). The molecule has 0 saturated heterocycles. The summed E-state index contributed by atoms with van der Waals surface area (Å²) in [6.45, 7) is 0. The summed E-state index contributed by atoms with van der Waals surface area (Å²) < 4.78 is 73.7. The third-order valence-corrected chi connectivity index (χ3v) is 1.79. The Bertz CT molecular complexity index is 361. The van der Waals surface area contributed by atoms with Gasteiger partial charge in [-0.15, -0.1) is 0 Å². The number of halogens is 6. The van der Waals surface area contributed by atoms with Crippen LogP contribution in [0.25, 0.3) is 0 Å². The van der Waals surface area contributed by atoms with Crippen LogP contribution in [0.15, 0.2) is 21.7 Å². The predicted octanol–water partition coefficient (Wildman–Crippen LogP) is 2.01. The first-order valence-electron chi connectivity index (χ1n) is 3.84. The van der Waals surface area contributed by atoms with Crippen LogP contribution in [0.3, 0.4) is 0 Å². The van der Waals surface area contributed by atoms with Crippen LogP contribution in [0, 0.1) is 5.92 Å². The first-order valence-corrected chi connectivity index (χ1v) is 3.84. The zero-order chi connectivity index (χ0) is 12.6. The van der Waals surface area contributed by atoms with Crippen LogP contribution in [0.1, 0.15) is 0 Å². The van der Waals surface area contributed by atoms with E-state index in [4.69, 9.17) is 0 Å². The molecule has 0 aromatic heterocycles. The number of dihydropyridines is 1. The maximum Gasteiger partial charge on any atom is 0.413 e. The Morgan fingerprint density at radius 2 is 1.75 bits per heavy atom. The molecule has 0 radical (unpaired) electrons. The molecule has 1 aliphatic heterocycles. The van der Waals surface area contributed by atoms with Crippen molar-refractivity contribution in [3.63, 3.8) is 0 Å². The summed E-state index contributed by atoms with van der Waals surface area (Å²) in [5, 5.41) is 2.80. The van der Waals surface area contributed by atoms with Crippen molar-refractivity contribution < 1.29 is 26.3 Å². The van der Waals surface area contributed by atoms with Crippen LogP contribution in [-0.2, 0) is 0 Å². The lowest BCUT2D eigenvalue weighted by molar-refractivity contribution is -0.168. The maximum atomic E-state index is 12.3. The molecule has 0 aliphatic carbocycles. The minimum atomic E-state index is -5.11. The van der Waals surface area contributed by atoms with Gasteiger partial charge in [-0.1, -0.05) is 0 Å². The van der Waals surface area contributed by atoms with Crippen LogP contribution in [0.2, 0.25) is 0 Å². The van der Waals surface area contributed by atoms with E-state index in [1.54, 1.807) is 0 Å². The van der Waals surface area contributed by atoms with E-state index in [0.717, 1.165) is 0 Å². The van der Waals surface area contributed by atoms with Gasteiger partial charge in [0.2, 0.25) is 0 Å². The number of nitrogens with zero attached hydrogens (tertiary/aromatic N) is 2. The summed E-state index contributed by atoms with van der Waals surface area (Å²) >= 11 is 0. The van der Waals surface area contributed by atoms with Crippen LogP contribution >= 0.6 is 0 Å². The Kier molecular flexibility index (Phi) is 2.97. The highest BCUT2D eigenvalue weighted by molar-refractivity contribution is 6.02. The van der Waals surface area contributed by atoms with E-state index in [1.807, 2.05) is 0 Å². The predicted molar refractivity (Wildman–Crippen MR) is 43.8 cm³/mol. The lowest BCUT2D eigenvalue weighted by Crippen LogP contribution is -2.35. The lowest BCUT2D eigenvalue weighted by atomic mass is 9.96. The van der Waals surface area contributed by atoms with Gasteiger partial charge in [0.25, 0.3) is 0 Å². The molecular formula is C7H5F6N3. The molecule has 90 valence electrons. The number of hydrogen-bond donors (Lipinski definition) is 1. The van der Waals surface area contributed by atoms with E-state index >= 15 is 0 Å². The summed E-state index contributed by atoms with van der Waals surface area (Å²) in [6.07, 6.45) is -9.85. The monoisotopic (exact) mass is 245 g/mol. The quantitative estimate of drug-likeness (QED) is 0.396. The molecule has 3 nitrogen and oxygen atoms in total. The molecule has 0 aromatic rings. The molecule has 1 aliphatic rings. The minimum absolute atomic E-state index is 0.133. The number of hydrazone groups is 1. The van der Waals surface area contributed by atoms with Gasteiger partial charge in [0.1, 0.15) is 5.92 Å². The van der Waals surface area contributed by atoms with Crippen molar-refractivity contribution in [2.75, 3.05) is 0 Å². The highest BCUT2D eigenvalue weighted by Crippen LogP contribution is 2.40. The molecule has 1 unspecified atom stereocenters. The Hall–Kier alpha value is -1.54. The number of aliphatic imine (C=N–C) groups is 1. The Morgan fingerprint density at radius 1 is 1.19 bits per heavy atom. The molecule has 16 heavy (non-hydrogen) atoms. The van der Waals surface area contributed by atoms with Gasteiger partial charge in [0.15, 0.2) is 5.84 Å². The van der Waals surface area contributed by atoms with Crippen LogP contribution < -0.4 is 5.84 Å². The molecule has 2 N–H and O–H groups in total. The summed E-state index contributed by atoms with van der Waals surface area (Å²) in [5.74, 6) is 1.26. The highest BCUT2D eigenvalue weighted by Gasteiger charge is 2.51. The smallest absolute Gasteiger partial charge is 0.321 e. The third-order valence-electron chi connectivity index (χ3n) is 1.79. The van der Waals surface area contributed by atoms with Gasteiger partial charge < -0.3 is 5.84 Å². The number of allylic oxidation sites excluding steroid dienone is 1. The molecule has 0 bridgehead atoms. The molecule has 0 saturated carbocycles. The number of rotatable bonds is 0.